The summed E-state index contributed by atoms with van der Waals surface area (Å²) in [6.07, 6.45) is 3.05. The van der Waals surface area contributed by atoms with Crippen LogP contribution in [-0.4, -0.2) is 14.7 Å². The third-order valence-corrected chi connectivity index (χ3v) is 1.88. The molecule has 0 spiro atoms. The van der Waals surface area contributed by atoms with Gasteiger partial charge >= 0.3 is 0 Å². The van der Waals surface area contributed by atoms with E-state index in [4.69, 9.17) is 10.4 Å². The van der Waals surface area contributed by atoms with Crippen molar-refractivity contribution < 1.29 is 5.11 Å². The number of rotatable bonds is 1. The van der Waals surface area contributed by atoms with Crippen molar-refractivity contribution in [2.75, 3.05) is 0 Å². The Labute approximate surface area is 80.7 Å². The monoisotopic (exact) mass is 185 g/mol. The molecule has 0 unspecified atom stereocenters. The number of phenols is 1. The van der Waals surface area contributed by atoms with Gasteiger partial charge in [0.05, 0.1) is 6.20 Å². The summed E-state index contributed by atoms with van der Waals surface area (Å²) in [6, 6.07) is 8.60. The molecule has 0 aliphatic carbocycles. The lowest BCUT2D eigenvalue weighted by Crippen LogP contribution is -1.94. The minimum absolute atomic E-state index is 0.201. The zero-order chi connectivity index (χ0) is 9.97. The maximum atomic E-state index is 9.09. The summed E-state index contributed by atoms with van der Waals surface area (Å²) < 4.78 is 1.65. The highest BCUT2D eigenvalue weighted by Crippen LogP contribution is 2.14. The molecule has 4 nitrogen and oxygen atoms in total. The Morgan fingerprint density at radius 3 is 2.64 bits per heavy atom. The lowest BCUT2D eigenvalue weighted by atomic mass is 10.3. The number of aromatic nitrogens is 2. The van der Waals surface area contributed by atoms with Crippen LogP contribution in [0.25, 0.3) is 5.69 Å². The van der Waals surface area contributed by atoms with Gasteiger partial charge in [0, 0.05) is 5.69 Å². The summed E-state index contributed by atoms with van der Waals surface area (Å²) in [4.78, 5) is 3.87. The zero-order valence-corrected chi connectivity index (χ0v) is 7.25. The number of phenolic OH excluding ortho intramolecular Hbond substituents is 1. The molecule has 1 heterocycles. The van der Waals surface area contributed by atoms with Crippen LogP contribution in [0.3, 0.4) is 0 Å². The van der Waals surface area contributed by atoms with Crippen molar-refractivity contribution in [2.24, 2.45) is 0 Å². The number of nitriles is 1. The van der Waals surface area contributed by atoms with Gasteiger partial charge in [-0.05, 0) is 24.3 Å². The van der Waals surface area contributed by atoms with Gasteiger partial charge in [-0.15, -0.1) is 0 Å². The fourth-order valence-electron chi connectivity index (χ4n) is 1.20. The molecule has 1 N–H and O–H groups in total. The first kappa shape index (κ1) is 8.32. The third-order valence-electron chi connectivity index (χ3n) is 1.88. The first-order chi connectivity index (χ1) is 6.81. The molecule has 2 aromatic rings. The van der Waals surface area contributed by atoms with E-state index in [0.29, 0.717) is 5.69 Å². The Balaban J connectivity index is 2.50. The molecule has 2 rings (SSSR count). The predicted molar refractivity (Wildman–Crippen MR) is 49.9 cm³/mol. The fraction of sp³-hybridized carbons (Fsp3) is 0. The summed E-state index contributed by atoms with van der Waals surface area (Å²) in [6.45, 7) is 0. The second kappa shape index (κ2) is 3.23. The van der Waals surface area contributed by atoms with Crippen molar-refractivity contribution >= 4 is 0 Å². The molecular weight excluding hydrogens is 178 g/mol. The van der Waals surface area contributed by atoms with Crippen LogP contribution in [0.1, 0.15) is 5.69 Å². The number of imidazole rings is 1. The van der Waals surface area contributed by atoms with Gasteiger partial charge in [0.15, 0.2) is 0 Å². The van der Waals surface area contributed by atoms with E-state index in [1.54, 1.807) is 35.2 Å². The summed E-state index contributed by atoms with van der Waals surface area (Å²) in [5.41, 5.74) is 1.27. The second-order valence-corrected chi connectivity index (χ2v) is 2.78. The molecular formula is C10H7N3O. The van der Waals surface area contributed by atoms with E-state index in [1.165, 1.54) is 6.20 Å². The Morgan fingerprint density at radius 1 is 1.29 bits per heavy atom. The highest BCUT2D eigenvalue weighted by molar-refractivity contribution is 5.40. The van der Waals surface area contributed by atoms with Crippen molar-refractivity contribution in [3.05, 3.63) is 42.5 Å². The van der Waals surface area contributed by atoms with Crippen LogP contribution < -0.4 is 0 Å². The molecule has 14 heavy (non-hydrogen) atoms. The molecule has 0 radical (unpaired) electrons. The fourth-order valence-corrected chi connectivity index (χ4v) is 1.20. The summed E-state index contributed by atoms with van der Waals surface area (Å²) in [5.74, 6) is 0.201. The number of benzene rings is 1. The van der Waals surface area contributed by atoms with Crippen LogP contribution >= 0.6 is 0 Å². The highest BCUT2D eigenvalue weighted by atomic mass is 16.3. The Hall–Kier alpha value is -2.28. The number of nitrogens with zero attached hydrogens (tertiary/aromatic N) is 3. The molecule has 4 heteroatoms. The highest BCUT2D eigenvalue weighted by Gasteiger charge is 2.02. The first-order valence-corrected chi connectivity index (χ1v) is 4.03. The minimum atomic E-state index is 0.201. The largest absolute Gasteiger partial charge is 0.508 e. The Kier molecular flexibility index (Phi) is 1.92. The SMILES string of the molecule is N#Cc1cncn1-c1ccc(O)cc1. The van der Waals surface area contributed by atoms with E-state index in [1.807, 2.05) is 6.07 Å². The van der Waals surface area contributed by atoms with E-state index >= 15 is 0 Å². The third kappa shape index (κ3) is 1.31. The van der Waals surface area contributed by atoms with Crippen LogP contribution in [0, 0.1) is 11.3 Å². The molecule has 68 valence electrons. The summed E-state index contributed by atoms with van der Waals surface area (Å²) in [5, 5.41) is 17.9. The van der Waals surface area contributed by atoms with Crippen LogP contribution in [0.15, 0.2) is 36.8 Å². The second-order valence-electron chi connectivity index (χ2n) is 2.78. The minimum Gasteiger partial charge on any atom is -0.508 e. The van der Waals surface area contributed by atoms with Crippen molar-refractivity contribution in [1.82, 2.24) is 9.55 Å². The lowest BCUT2D eigenvalue weighted by Gasteiger charge is -2.02. The van der Waals surface area contributed by atoms with Crippen molar-refractivity contribution in [3.8, 4) is 17.5 Å². The predicted octanol–water partition coefficient (Wildman–Crippen LogP) is 1.45. The van der Waals surface area contributed by atoms with Gasteiger partial charge in [-0.3, -0.25) is 4.57 Å². The van der Waals surface area contributed by atoms with E-state index in [0.717, 1.165) is 5.69 Å². The van der Waals surface area contributed by atoms with Gasteiger partial charge in [-0.2, -0.15) is 5.26 Å². The molecule has 0 atom stereocenters. The van der Waals surface area contributed by atoms with Gasteiger partial charge in [0.2, 0.25) is 0 Å². The molecule has 0 bridgehead atoms. The van der Waals surface area contributed by atoms with Gasteiger partial charge in [0.1, 0.15) is 23.8 Å². The van der Waals surface area contributed by atoms with Crippen LogP contribution in [-0.2, 0) is 0 Å². The molecule has 0 aliphatic rings. The Bertz CT molecular complexity index is 479. The average Bonchev–Trinajstić information content (AvgIpc) is 2.67. The topological polar surface area (TPSA) is 61.8 Å². The van der Waals surface area contributed by atoms with Gasteiger partial charge in [0.25, 0.3) is 0 Å². The first-order valence-electron chi connectivity index (χ1n) is 4.03. The van der Waals surface area contributed by atoms with Crippen molar-refractivity contribution in [3.63, 3.8) is 0 Å². The van der Waals surface area contributed by atoms with E-state index in [2.05, 4.69) is 4.98 Å². The molecule has 1 aromatic heterocycles. The maximum Gasteiger partial charge on any atom is 0.144 e. The molecule has 1 aromatic carbocycles. The average molecular weight is 185 g/mol. The molecule has 0 amide bonds. The normalized spacial score (nSPS) is 9.64. The van der Waals surface area contributed by atoms with E-state index < -0.39 is 0 Å². The van der Waals surface area contributed by atoms with Gasteiger partial charge < -0.3 is 5.11 Å². The molecule has 0 aliphatic heterocycles. The maximum absolute atomic E-state index is 9.09. The number of aromatic hydroxyl groups is 1. The summed E-state index contributed by atoms with van der Waals surface area (Å²) in [7, 11) is 0. The van der Waals surface area contributed by atoms with Gasteiger partial charge in [-0.25, -0.2) is 4.98 Å². The number of hydrogen-bond acceptors (Lipinski definition) is 3. The zero-order valence-electron chi connectivity index (χ0n) is 7.25. The van der Waals surface area contributed by atoms with Crippen LogP contribution in [0.4, 0.5) is 0 Å². The quantitative estimate of drug-likeness (QED) is 0.731. The van der Waals surface area contributed by atoms with Crippen molar-refractivity contribution in [2.45, 2.75) is 0 Å². The number of hydrogen-bond donors (Lipinski definition) is 1. The molecule has 0 saturated heterocycles. The smallest absolute Gasteiger partial charge is 0.144 e. The standard InChI is InChI=1S/C10H7N3O/c11-5-9-6-12-7-13(9)8-1-3-10(14)4-2-8/h1-4,6-7,14H. The van der Waals surface area contributed by atoms with Crippen LogP contribution in [0.2, 0.25) is 0 Å². The molecule has 0 fully saturated rings. The van der Waals surface area contributed by atoms with E-state index in [9.17, 15) is 0 Å². The molecule has 0 saturated carbocycles. The van der Waals surface area contributed by atoms with Crippen LogP contribution in [0.5, 0.6) is 5.75 Å². The van der Waals surface area contributed by atoms with Crippen molar-refractivity contribution in [1.29, 1.82) is 5.26 Å². The summed E-state index contributed by atoms with van der Waals surface area (Å²) >= 11 is 0. The van der Waals surface area contributed by atoms with Gasteiger partial charge in [-0.1, -0.05) is 0 Å². The van der Waals surface area contributed by atoms with E-state index in [-0.39, 0.29) is 5.75 Å². The lowest BCUT2D eigenvalue weighted by molar-refractivity contribution is 0.475. The Morgan fingerprint density at radius 2 is 2.00 bits per heavy atom.